The Hall–Kier alpha value is -2.66. The monoisotopic (exact) mass is 389 g/mol. The summed E-state index contributed by atoms with van der Waals surface area (Å²) in [5, 5.41) is 3.91. The number of aromatic nitrogens is 2. The van der Waals surface area contributed by atoms with Gasteiger partial charge < -0.3 is 5.32 Å². The molecule has 1 N–H and O–H groups in total. The van der Waals surface area contributed by atoms with Crippen LogP contribution >= 0.6 is 11.8 Å². The molecule has 2 aromatic carbocycles. The lowest BCUT2D eigenvalue weighted by molar-refractivity contribution is -0.113. The molecular formula is C23H23N3OS. The maximum absolute atomic E-state index is 12.4. The van der Waals surface area contributed by atoms with Gasteiger partial charge in [-0.25, -0.2) is 9.97 Å². The van der Waals surface area contributed by atoms with E-state index in [2.05, 4.69) is 5.32 Å². The smallest absolute Gasteiger partial charge is 0.234 e. The highest BCUT2D eigenvalue weighted by Crippen LogP contribution is 2.31. The summed E-state index contributed by atoms with van der Waals surface area (Å²) < 4.78 is 0. The molecule has 3 aromatic rings. The fourth-order valence-corrected chi connectivity index (χ4v) is 4.25. The van der Waals surface area contributed by atoms with E-state index < -0.39 is 0 Å². The van der Waals surface area contributed by atoms with E-state index in [0.29, 0.717) is 5.75 Å². The minimum Gasteiger partial charge on any atom is -0.325 e. The van der Waals surface area contributed by atoms with Gasteiger partial charge in [0.15, 0.2) is 5.82 Å². The van der Waals surface area contributed by atoms with Crippen molar-refractivity contribution in [3.63, 3.8) is 0 Å². The first-order valence-electron chi connectivity index (χ1n) is 9.63. The quantitative estimate of drug-likeness (QED) is 0.489. The number of amides is 1. The molecule has 1 heterocycles. The number of nitrogens with zero attached hydrogens (tertiary/aromatic N) is 2. The van der Waals surface area contributed by atoms with Crippen LogP contribution in [0.25, 0.3) is 11.4 Å². The third kappa shape index (κ3) is 4.42. The molecule has 28 heavy (non-hydrogen) atoms. The Balaban J connectivity index is 1.53. The molecule has 142 valence electrons. The third-order valence-electron chi connectivity index (χ3n) is 4.85. The molecule has 1 aliphatic rings. The van der Waals surface area contributed by atoms with Crippen molar-refractivity contribution in [2.45, 2.75) is 37.6 Å². The van der Waals surface area contributed by atoms with Gasteiger partial charge in [-0.1, -0.05) is 59.8 Å². The van der Waals surface area contributed by atoms with Gasteiger partial charge in [-0.15, -0.1) is 0 Å². The van der Waals surface area contributed by atoms with Crippen LogP contribution in [0.5, 0.6) is 0 Å². The molecule has 5 heteroatoms. The van der Waals surface area contributed by atoms with E-state index in [-0.39, 0.29) is 5.91 Å². The standard InChI is InChI=1S/C23H23N3OS/c1-16-11-13-18(14-12-16)24-21(27)15-28-23-19-9-5-6-10-20(19)25-22(26-23)17-7-3-2-4-8-17/h2-4,7-8,11-14H,5-6,9-10,15H2,1H3,(H,24,27). The molecule has 0 radical (unpaired) electrons. The number of thioether (sulfide) groups is 1. The highest BCUT2D eigenvalue weighted by atomic mass is 32.2. The first kappa shape index (κ1) is 18.7. The summed E-state index contributed by atoms with van der Waals surface area (Å²) in [6, 6.07) is 17.9. The number of benzene rings is 2. The van der Waals surface area contributed by atoms with Crippen LogP contribution in [0.15, 0.2) is 59.6 Å². The summed E-state index contributed by atoms with van der Waals surface area (Å²) in [5.74, 6) is 1.08. The van der Waals surface area contributed by atoms with Crippen molar-refractivity contribution in [2.75, 3.05) is 11.1 Å². The predicted molar refractivity (Wildman–Crippen MR) is 115 cm³/mol. The van der Waals surface area contributed by atoms with Crippen molar-refractivity contribution in [1.29, 1.82) is 0 Å². The van der Waals surface area contributed by atoms with E-state index in [1.54, 1.807) is 0 Å². The molecule has 0 spiro atoms. The van der Waals surface area contributed by atoms with Gasteiger partial charge in [-0.05, 0) is 44.7 Å². The molecule has 4 nitrogen and oxygen atoms in total. The van der Waals surface area contributed by atoms with Gasteiger partial charge in [0, 0.05) is 22.5 Å². The normalized spacial score (nSPS) is 13.0. The van der Waals surface area contributed by atoms with Gasteiger partial charge in [-0.3, -0.25) is 4.79 Å². The predicted octanol–water partition coefficient (Wildman–Crippen LogP) is 5.06. The van der Waals surface area contributed by atoms with E-state index in [0.717, 1.165) is 53.5 Å². The van der Waals surface area contributed by atoms with Crippen LogP contribution in [0.4, 0.5) is 5.69 Å². The highest BCUT2D eigenvalue weighted by Gasteiger charge is 2.19. The van der Waals surface area contributed by atoms with Gasteiger partial charge in [0.05, 0.1) is 5.75 Å². The zero-order valence-corrected chi connectivity index (χ0v) is 16.8. The van der Waals surface area contributed by atoms with Crippen LogP contribution < -0.4 is 5.32 Å². The van der Waals surface area contributed by atoms with Gasteiger partial charge in [0.1, 0.15) is 5.03 Å². The third-order valence-corrected chi connectivity index (χ3v) is 5.87. The van der Waals surface area contributed by atoms with E-state index in [4.69, 9.17) is 9.97 Å². The topological polar surface area (TPSA) is 54.9 Å². The van der Waals surface area contributed by atoms with Crippen molar-refractivity contribution in [2.24, 2.45) is 0 Å². The van der Waals surface area contributed by atoms with Gasteiger partial charge in [-0.2, -0.15) is 0 Å². The first-order chi connectivity index (χ1) is 13.7. The lowest BCUT2D eigenvalue weighted by atomic mass is 9.97. The van der Waals surface area contributed by atoms with E-state index in [1.807, 2.05) is 61.5 Å². The maximum Gasteiger partial charge on any atom is 0.234 e. The van der Waals surface area contributed by atoms with Crippen LogP contribution in [0.3, 0.4) is 0 Å². The molecule has 0 atom stereocenters. The number of hydrogen-bond donors (Lipinski definition) is 1. The molecule has 0 saturated carbocycles. The number of hydrogen-bond acceptors (Lipinski definition) is 4. The van der Waals surface area contributed by atoms with Crippen LogP contribution in [0.1, 0.15) is 29.7 Å². The fraction of sp³-hybridized carbons (Fsp3) is 0.261. The zero-order chi connectivity index (χ0) is 19.3. The van der Waals surface area contributed by atoms with Crippen molar-refractivity contribution >= 4 is 23.4 Å². The molecule has 0 fully saturated rings. The average molecular weight is 390 g/mol. The maximum atomic E-state index is 12.4. The Bertz CT molecular complexity index is 971. The van der Waals surface area contributed by atoms with Crippen molar-refractivity contribution in [1.82, 2.24) is 9.97 Å². The lowest BCUT2D eigenvalue weighted by Crippen LogP contribution is -2.15. The number of carbonyl (C=O) groups excluding carboxylic acids is 1. The van der Waals surface area contributed by atoms with Crippen LogP contribution in [0, 0.1) is 6.92 Å². The summed E-state index contributed by atoms with van der Waals surface area (Å²) in [7, 11) is 0. The molecule has 1 aromatic heterocycles. The van der Waals surface area contributed by atoms with E-state index in [9.17, 15) is 4.79 Å². The summed E-state index contributed by atoms with van der Waals surface area (Å²) in [6.07, 6.45) is 4.30. The SMILES string of the molecule is Cc1ccc(NC(=O)CSc2nc(-c3ccccc3)nc3c2CCCC3)cc1. The Morgan fingerprint density at radius 1 is 1.00 bits per heavy atom. The van der Waals surface area contributed by atoms with Gasteiger partial charge in [0.2, 0.25) is 5.91 Å². The number of carbonyl (C=O) groups is 1. The summed E-state index contributed by atoms with van der Waals surface area (Å²) in [5.41, 5.74) is 5.38. The number of anilines is 1. The molecule has 0 unspecified atom stereocenters. The molecular weight excluding hydrogens is 366 g/mol. The summed E-state index contributed by atoms with van der Waals surface area (Å²) >= 11 is 1.51. The Morgan fingerprint density at radius 2 is 1.75 bits per heavy atom. The minimum atomic E-state index is -0.0155. The number of rotatable bonds is 5. The second kappa shape index (κ2) is 8.57. The van der Waals surface area contributed by atoms with Gasteiger partial charge in [0.25, 0.3) is 0 Å². The molecule has 1 aliphatic carbocycles. The van der Waals surface area contributed by atoms with Crippen molar-refractivity contribution in [3.8, 4) is 11.4 Å². The summed E-state index contributed by atoms with van der Waals surface area (Å²) in [4.78, 5) is 22.1. The fourth-order valence-electron chi connectivity index (χ4n) is 3.36. The highest BCUT2D eigenvalue weighted by molar-refractivity contribution is 8.00. The largest absolute Gasteiger partial charge is 0.325 e. The Labute approximate surface area is 169 Å². The van der Waals surface area contributed by atoms with Crippen LogP contribution in [0.2, 0.25) is 0 Å². The van der Waals surface area contributed by atoms with Crippen molar-refractivity contribution < 1.29 is 4.79 Å². The molecule has 0 aliphatic heterocycles. The summed E-state index contributed by atoms with van der Waals surface area (Å²) in [6.45, 7) is 2.03. The number of fused-ring (bicyclic) bond motifs is 1. The zero-order valence-electron chi connectivity index (χ0n) is 15.9. The van der Waals surface area contributed by atoms with Crippen LogP contribution in [-0.4, -0.2) is 21.6 Å². The first-order valence-corrected chi connectivity index (χ1v) is 10.6. The molecule has 0 saturated heterocycles. The van der Waals surface area contributed by atoms with E-state index >= 15 is 0 Å². The molecule has 1 amide bonds. The second-order valence-electron chi connectivity index (χ2n) is 7.05. The Morgan fingerprint density at radius 3 is 2.54 bits per heavy atom. The molecule has 4 rings (SSSR count). The van der Waals surface area contributed by atoms with Crippen LogP contribution in [-0.2, 0) is 17.6 Å². The minimum absolute atomic E-state index is 0.0155. The number of aryl methyl sites for hydroxylation is 2. The van der Waals surface area contributed by atoms with Crippen molar-refractivity contribution in [3.05, 3.63) is 71.4 Å². The van der Waals surface area contributed by atoms with E-state index in [1.165, 1.54) is 22.9 Å². The molecule has 0 bridgehead atoms. The number of nitrogens with one attached hydrogen (secondary N) is 1. The second-order valence-corrected chi connectivity index (χ2v) is 8.02. The van der Waals surface area contributed by atoms with Gasteiger partial charge >= 0.3 is 0 Å². The lowest BCUT2D eigenvalue weighted by Gasteiger charge is -2.19. The Kier molecular flexibility index (Phi) is 5.72. The average Bonchev–Trinajstić information content (AvgIpc) is 2.74.